The molecule has 4 rings (SSSR count). The monoisotopic (exact) mass is 409 g/mol. The number of carbonyl (C=O) groups excluding carboxylic acids is 2. The van der Waals surface area contributed by atoms with Crippen LogP contribution in [0.5, 0.6) is 11.5 Å². The summed E-state index contributed by atoms with van der Waals surface area (Å²) in [6.45, 7) is 1.10. The van der Waals surface area contributed by atoms with Gasteiger partial charge >= 0.3 is 0 Å². The van der Waals surface area contributed by atoms with Crippen LogP contribution in [-0.4, -0.2) is 50.7 Å². The average molecular weight is 409 g/mol. The van der Waals surface area contributed by atoms with Crippen LogP contribution in [0.15, 0.2) is 36.4 Å². The van der Waals surface area contributed by atoms with Crippen molar-refractivity contribution in [1.82, 2.24) is 10.2 Å². The first-order chi connectivity index (χ1) is 14.5. The van der Waals surface area contributed by atoms with E-state index < -0.39 is 0 Å². The van der Waals surface area contributed by atoms with Crippen LogP contribution in [0.3, 0.4) is 0 Å². The molecule has 1 fully saturated rings. The third-order valence-electron chi connectivity index (χ3n) is 5.98. The van der Waals surface area contributed by atoms with Gasteiger partial charge in [0, 0.05) is 31.3 Å². The smallest absolute Gasteiger partial charge is 0.257 e. The van der Waals surface area contributed by atoms with Gasteiger partial charge in [0.25, 0.3) is 11.8 Å². The van der Waals surface area contributed by atoms with E-state index in [0.29, 0.717) is 29.2 Å². The summed E-state index contributed by atoms with van der Waals surface area (Å²) in [5.41, 5.74) is 2.82. The van der Waals surface area contributed by atoms with Crippen LogP contribution in [0.1, 0.15) is 45.5 Å². The number of ether oxygens (including phenoxy) is 2. The number of nitrogens with zero attached hydrogens (tertiary/aromatic N) is 2. The summed E-state index contributed by atoms with van der Waals surface area (Å²) < 4.78 is 10.6. The van der Waals surface area contributed by atoms with Crippen molar-refractivity contribution in [3.8, 4) is 11.5 Å². The Balaban J connectivity index is 1.54. The van der Waals surface area contributed by atoms with Gasteiger partial charge in [-0.15, -0.1) is 0 Å². The van der Waals surface area contributed by atoms with Gasteiger partial charge in [-0.3, -0.25) is 9.59 Å². The Morgan fingerprint density at radius 2 is 1.97 bits per heavy atom. The van der Waals surface area contributed by atoms with Gasteiger partial charge in [-0.05, 0) is 55.7 Å². The fourth-order valence-corrected chi connectivity index (χ4v) is 4.31. The molecule has 0 radical (unpaired) electrons. The standard InChI is InChI=1S/C23H27N3O4/c1-25-19-13-15(7-9-18(19)23(28)26-11-5-4-6-21(25)26)22(27)24-14-16-12-17(29-2)8-10-20(16)30-3/h7-10,12-13,21H,4-6,11,14H2,1-3H3,(H,24,27). The highest BCUT2D eigenvalue weighted by molar-refractivity contribution is 6.04. The zero-order valence-electron chi connectivity index (χ0n) is 17.6. The molecule has 2 aliphatic rings. The van der Waals surface area contributed by atoms with Crippen LogP contribution < -0.4 is 19.7 Å². The number of rotatable bonds is 5. The number of hydrogen-bond donors (Lipinski definition) is 1. The van der Waals surface area contributed by atoms with Crippen LogP contribution in [-0.2, 0) is 6.54 Å². The van der Waals surface area contributed by atoms with E-state index >= 15 is 0 Å². The van der Waals surface area contributed by atoms with Gasteiger partial charge in [0.05, 0.1) is 25.5 Å². The number of amides is 2. The predicted molar refractivity (Wildman–Crippen MR) is 114 cm³/mol. The number of anilines is 1. The maximum atomic E-state index is 12.9. The molecule has 7 nitrogen and oxygen atoms in total. The number of methoxy groups -OCH3 is 2. The average Bonchev–Trinajstić information content (AvgIpc) is 2.80. The molecule has 0 aromatic heterocycles. The SMILES string of the molecule is COc1ccc(OC)c(CNC(=O)c2ccc3c(c2)N(C)C2CCCCN2C3=O)c1. The summed E-state index contributed by atoms with van der Waals surface area (Å²) >= 11 is 0. The summed E-state index contributed by atoms with van der Waals surface area (Å²) in [7, 11) is 5.19. The molecular formula is C23H27N3O4. The van der Waals surface area contributed by atoms with Gasteiger partial charge in [0.15, 0.2) is 0 Å². The maximum Gasteiger partial charge on any atom is 0.257 e. The molecule has 0 aliphatic carbocycles. The molecule has 2 aliphatic heterocycles. The van der Waals surface area contributed by atoms with Crippen molar-refractivity contribution >= 4 is 17.5 Å². The topological polar surface area (TPSA) is 71.1 Å². The van der Waals surface area contributed by atoms with Crippen LogP contribution in [0.2, 0.25) is 0 Å². The van der Waals surface area contributed by atoms with Crippen molar-refractivity contribution in [3.05, 3.63) is 53.1 Å². The molecule has 2 amide bonds. The van der Waals surface area contributed by atoms with Gasteiger partial charge in [0.2, 0.25) is 0 Å². The molecule has 2 heterocycles. The van der Waals surface area contributed by atoms with E-state index in [9.17, 15) is 9.59 Å². The van der Waals surface area contributed by atoms with Gasteiger partial charge < -0.3 is 24.6 Å². The van der Waals surface area contributed by atoms with Gasteiger partial charge in [-0.1, -0.05) is 0 Å². The minimum Gasteiger partial charge on any atom is -0.497 e. The molecule has 1 N–H and O–H groups in total. The first-order valence-electron chi connectivity index (χ1n) is 10.2. The number of nitrogens with one attached hydrogen (secondary N) is 1. The Bertz CT molecular complexity index is 975. The minimum atomic E-state index is -0.199. The van der Waals surface area contributed by atoms with E-state index in [0.717, 1.165) is 37.1 Å². The quantitative estimate of drug-likeness (QED) is 0.822. The summed E-state index contributed by atoms with van der Waals surface area (Å²) in [6, 6.07) is 10.8. The number of benzene rings is 2. The van der Waals surface area contributed by atoms with E-state index in [1.54, 1.807) is 26.4 Å². The van der Waals surface area contributed by atoms with E-state index in [4.69, 9.17) is 9.47 Å². The molecule has 0 bridgehead atoms. The van der Waals surface area contributed by atoms with E-state index in [1.165, 1.54) is 0 Å². The predicted octanol–water partition coefficient (Wildman–Crippen LogP) is 3.04. The number of piperidine rings is 1. The van der Waals surface area contributed by atoms with E-state index in [2.05, 4.69) is 10.2 Å². The Kier molecular flexibility index (Phi) is 5.53. The number of carbonyl (C=O) groups is 2. The lowest BCUT2D eigenvalue weighted by Crippen LogP contribution is -2.55. The largest absolute Gasteiger partial charge is 0.497 e. The van der Waals surface area contributed by atoms with Crippen LogP contribution >= 0.6 is 0 Å². The maximum absolute atomic E-state index is 12.9. The molecule has 158 valence electrons. The van der Waals surface area contributed by atoms with E-state index in [-0.39, 0.29) is 18.0 Å². The van der Waals surface area contributed by atoms with Crippen LogP contribution in [0.25, 0.3) is 0 Å². The van der Waals surface area contributed by atoms with Crippen molar-refractivity contribution in [1.29, 1.82) is 0 Å². The minimum absolute atomic E-state index is 0.0564. The third kappa shape index (κ3) is 3.56. The number of hydrogen-bond acceptors (Lipinski definition) is 5. The van der Waals surface area contributed by atoms with Gasteiger partial charge in [-0.2, -0.15) is 0 Å². The Hall–Kier alpha value is -3.22. The zero-order valence-corrected chi connectivity index (χ0v) is 17.6. The molecule has 1 atom stereocenters. The third-order valence-corrected chi connectivity index (χ3v) is 5.98. The summed E-state index contributed by atoms with van der Waals surface area (Å²) in [5.74, 6) is 1.24. The molecule has 0 saturated carbocycles. The summed E-state index contributed by atoms with van der Waals surface area (Å²) in [5, 5.41) is 2.94. The molecule has 7 heteroatoms. The molecule has 2 aromatic rings. The first kappa shape index (κ1) is 20.1. The molecule has 1 unspecified atom stereocenters. The lowest BCUT2D eigenvalue weighted by atomic mass is 9.97. The Morgan fingerprint density at radius 3 is 2.73 bits per heavy atom. The van der Waals surface area contributed by atoms with Crippen molar-refractivity contribution in [2.45, 2.75) is 32.0 Å². The molecule has 2 aromatic carbocycles. The van der Waals surface area contributed by atoms with Crippen LogP contribution in [0.4, 0.5) is 5.69 Å². The van der Waals surface area contributed by atoms with Gasteiger partial charge in [-0.25, -0.2) is 0 Å². The second kappa shape index (κ2) is 8.26. The van der Waals surface area contributed by atoms with Crippen molar-refractivity contribution < 1.29 is 19.1 Å². The van der Waals surface area contributed by atoms with Gasteiger partial charge in [0.1, 0.15) is 17.7 Å². The van der Waals surface area contributed by atoms with Crippen molar-refractivity contribution in [2.75, 3.05) is 32.7 Å². The molecule has 0 spiro atoms. The fraction of sp³-hybridized carbons (Fsp3) is 0.391. The number of fused-ring (bicyclic) bond motifs is 2. The second-order valence-electron chi connectivity index (χ2n) is 7.68. The van der Waals surface area contributed by atoms with Crippen LogP contribution in [0, 0.1) is 0 Å². The highest BCUT2D eigenvalue weighted by Gasteiger charge is 2.37. The lowest BCUT2D eigenvalue weighted by Gasteiger charge is -2.46. The van der Waals surface area contributed by atoms with E-state index in [1.807, 2.05) is 36.2 Å². The Morgan fingerprint density at radius 1 is 1.13 bits per heavy atom. The summed E-state index contributed by atoms with van der Waals surface area (Å²) in [6.07, 6.45) is 3.17. The normalized spacial score (nSPS) is 17.8. The summed E-state index contributed by atoms with van der Waals surface area (Å²) in [4.78, 5) is 29.8. The fourth-order valence-electron chi connectivity index (χ4n) is 4.31. The van der Waals surface area contributed by atoms with Crippen molar-refractivity contribution in [2.24, 2.45) is 0 Å². The molecular weight excluding hydrogens is 382 g/mol. The first-order valence-corrected chi connectivity index (χ1v) is 10.2. The molecule has 1 saturated heterocycles. The van der Waals surface area contributed by atoms with Crippen molar-refractivity contribution in [3.63, 3.8) is 0 Å². The zero-order chi connectivity index (χ0) is 21.3. The second-order valence-corrected chi connectivity index (χ2v) is 7.68. The highest BCUT2D eigenvalue weighted by Crippen LogP contribution is 2.34. The lowest BCUT2D eigenvalue weighted by molar-refractivity contribution is 0.0589. The molecule has 30 heavy (non-hydrogen) atoms. The highest BCUT2D eigenvalue weighted by atomic mass is 16.5. The Labute approximate surface area is 176 Å².